The molecule has 0 spiro atoms. The lowest BCUT2D eigenvalue weighted by Gasteiger charge is -2.21. The van der Waals surface area contributed by atoms with Gasteiger partial charge in [-0.3, -0.25) is 9.59 Å². The highest BCUT2D eigenvalue weighted by molar-refractivity contribution is 5.74. The summed E-state index contributed by atoms with van der Waals surface area (Å²) in [6, 6.07) is 6.01. The zero-order valence-electron chi connectivity index (χ0n) is 10.6. The van der Waals surface area contributed by atoms with Crippen LogP contribution in [0, 0.1) is 5.82 Å². The van der Waals surface area contributed by atoms with Crippen molar-refractivity contribution in [2.45, 2.75) is 20.4 Å². The van der Waals surface area contributed by atoms with Gasteiger partial charge in [-0.05, 0) is 17.7 Å². The van der Waals surface area contributed by atoms with E-state index in [1.54, 1.807) is 17.0 Å². The molecule has 0 heterocycles. The maximum absolute atomic E-state index is 12.7. The summed E-state index contributed by atoms with van der Waals surface area (Å²) >= 11 is 0. The Hall–Kier alpha value is -1.91. The first-order valence-electron chi connectivity index (χ1n) is 5.73. The Balaban J connectivity index is 2.54. The van der Waals surface area contributed by atoms with E-state index >= 15 is 0 Å². The van der Waals surface area contributed by atoms with E-state index in [4.69, 9.17) is 0 Å². The van der Waals surface area contributed by atoms with Gasteiger partial charge in [-0.2, -0.15) is 0 Å². The van der Waals surface area contributed by atoms with Gasteiger partial charge >= 0.3 is 0 Å². The summed E-state index contributed by atoms with van der Waals surface area (Å²) in [5, 5.41) is 2.63. The number of carbonyl (C=O) groups excluding carboxylic acids is 2. The number of halogens is 1. The molecule has 0 saturated carbocycles. The minimum absolute atomic E-state index is 0.0790. The van der Waals surface area contributed by atoms with Crippen LogP contribution in [0.2, 0.25) is 0 Å². The second-order valence-electron chi connectivity index (χ2n) is 4.05. The predicted octanol–water partition coefficient (Wildman–Crippen LogP) is 1.31. The average molecular weight is 252 g/mol. The summed E-state index contributed by atoms with van der Waals surface area (Å²) < 4.78 is 12.7. The van der Waals surface area contributed by atoms with E-state index in [1.807, 2.05) is 0 Å². The average Bonchev–Trinajstić information content (AvgIpc) is 2.30. The van der Waals surface area contributed by atoms with Crippen LogP contribution in [0.25, 0.3) is 0 Å². The molecule has 5 heteroatoms. The van der Waals surface area contributed by atoms with Gasteiger partial charge in [-0.15, -0.1) is 0 Å². The highest BCUT2D eigenvalue weighted by atomic mass is 19.1. The summed E-state index contributed by atoms with van der Waals surface area (Å²) in [6.07, 6.45) is 0. The minimum atomic E-state index is -0.300. The molecule has 1 rings (SSSR count). The minimum Gasteiger partial charge on any atom is -0.355 e. The lowest BCUT2D eigenvalue weighted by atomic mass is 10.2. The van der Waals surface area contributed by atoms with Gasteiger partial charge in [0.25, 0.3) is 0 Å². The molecule has 2 amide bonds. The summed E-state index contributed by atoms with van der Waals surface area (Å²) in [5.74, 6) is -0.503. The Morgan fingerprint density at radius 3 is 2.33 bits per heavy atom. The molecule has 0 unspecified atom stereocenters. The molecule has 4 nitrogen and oxygen atoms in total. The van der Waals surface area contributed by atoms with Gasteiger partial charge in [0.05, 0.1) is 0 Å². The molecule has 1 aromatic carbocycles. The number of rotatable bonds is 5. The Morgan fingerprint density at radius 2 is 1.83 bits per heavy atom. The molecule has 1 N–H and O–H groups in total. The van der Waals surface area contributed by atoms with Crippen LogP contribution in [0.5, 0.6) is 0 Å². The van der Waals surface area contributed by atoms with Crippen molar-refractivity contribution in [2.24, 2.45) is 0 Å². The number of carbonyl (C=O) groups is 2. The second kappa shape index (κ2) is 6.74. The van der Waals surface area contributed by atoms with E-state index in [-0.39, 0.29) is 17.6 Å². The molecule has 1 aromatic rings. The molecule has 0 bridgehead atoms. The smallest absolute Gasteiger partial charge is 0.219 e. The molecule has 0 aliphatic carbocycles. The number of hydrogen-bond donors (Lipinski definition) is 1. The number of amides is 2. The molecule has 0 fully saturated rings. The van der Waals surface area contributed by atoms with Crippen LogP contribution in [0.3, 0.4) is 0 Å². The van der Waals surface area contributed by atoms with Crippen molar-refractivity contribution in [2.75, 3.05) is 13.1 Å². The molecular weight excluding hydrogens is 235 g/mol. The molecule has 98 valence electrons. The van der Waals surface area contributed by atoms with Crippen LogP contribution in [-0.4, -0.2) is 29.8 Å². The van der Waals surface area contributed by atoms with Crippen molar-refractivity contribution >= 4 is 11.8 Å². The van der Waals surface area contributed by atoms with Crippen molar-refractivity contribution in [1.82, 2.24) is 10.2 Å². The van der Waals surface area contributed by atoms with Gasteiger partial charge in [-0.1, -0.05) is 12.1 Å². The molecule has 18 heavy (non-hydrogen) atoms. The quantitative estimate of drug-likeness (QED) is 0.859. The fourth-order valence-corrected chi connectivity index (χ4v) is 1.52. The van der Waals surface area contributed by atoms with Crippen LogP contribution >= 0.6 is 0 Å². The van der Waals surface area contributed by atoms with Crippen LogP contribution < -0.4 is 5.32 Å². The lowest BCUT2D eigenvalue weighted by molar-refractivity contribution is -0.130. The zero-order valence-corrected chi connectivity index (χ0v) is 10.6. The first-order valence-corrected chi connectivity index (χ1v) is 5.73. The van der Waals surface area contributed by atoms with Crippen LogP contribution in [0.15, 0.2) is 24.3 Å². The third kappa shape index (κ3) is 4.95. The van der Waals surface area contributed by atoms with E-state index in [0.717, 1.165) is 5.56 Å². The lowest BCUT2D eigenvalue weighted by Crippen LogP contribution is -2.36. The Bertz CT molecular complexity index is 418. The number of nitrogens with one attached hydrogen (secondary N) is 1. The summed E-state index contributed by atoms with van der Waals surface area (Å²) in [5.41, 5.74) is 0.856. The van der Waals surface area contributed by atoms with E-state index in [2.05, 4.69) is 5.32 Å². The zero-order chi connectivity index (χ0) is 13.5. The van der Waals surface area contributed by atoms with Crippen molar-refractivity contribution in [3.8, 4) is 0 Å². The fourth-order valence-electron chi connectivity index (χ4n) is 1.52. The van der Waals surface area contributed by atoms with Gasteiger partial charge < -0.3 is 10.2 Å². The molecule has 0 aliphatic rings. The standard InChI is InChI=1S/C13H17FN2O2/c1-10(17)15-7-8-16(11(2)18)9-12-3-5-13(14)6-4-12/h3-6H,7-9H2,1-2H3,(H,15,17). The first-order chi connectivity index (χ1) is 8.49. The SMILES string of the molecule is CC(=O)NCCN(Cc1ccc(F)cc1)C(C)=O. The Kier molecular flexibility index (Phi) is 5.30. The maximum Gasteiger partial charge on any atom is 0.219 e. The number of hydrogen-bond acceptors (Lipinski definition) is 2. The topological polar surface area (TPSA) is 49.4 Å². The van der Waals surface area contributed by atoms with Gasteiger partial charge in [0, 0.05) is 33.5 Å². The molecular formula is C13H17FN2O2. The van der Waals surface area contributed by atoms with Gasteiger partial charge in [0.15, 0.2) is 0 Å². The van der Waals surface area contributed by atoms with E-state index in [0.29, 0.717) is 19.6 Å². The number of nitrogens with zero attached hydrogens (tertiary/aromatic N) is 1. The van der Waals surface area contributed by atoms with Crippen molar-refractivity contribution in [3.05, 3.63) is 35.6 Å². The van der Waals surface area contributed by atoms with Crippen molar-refractivity contribution in [3.63, 3.8) is 0 Å². The third-order valence-corrected chi connectivity index (χ3v) is 2.49. The van der Waals surface area contributed by atoms with Gasteiger partial charge in [0.2, 0.25) is 11.8 Å². The van der Waals surface area contributed by atoms with Crippen molar-refractivity contribution < 1.29 is 14.0 Å². The predicted molar refractivity (Wildman–Crippen MR) is 66.2 cm³/mol. The molecule has 0 radical (unpaired) electrons. The van der Waals surface area contributed by atoms with Crippen LogP contribution in [0.4, 0.5) is 4.39 Å². The highest BCUT2D eigenvalue weighted by Gasteiger charge is 2.09. The van der Waals surface area contributed by atoms with Crippen LogP contribution in [-0.2, 0) is 16.1 Å². The highest BCUT2D eigenvalue weighted by Crippen LogP contribution is 2.06. The molecule has 0 aromatic heterocycles. The maximum atomic E-state index is 12.7. The second-order valence-corrected chi connectivity index (χ2v) is 4.05. The van der Waals surface area contributed by atoms with E-state index < -0.39 is 0 Å². The summed E-state index contributed by atoms with van der Waals surface area (Å²) in [6.45, 7) is 4.16. The monoisotopic (exact) mass is 252 g/mol. The van der Waals surface area contributed by atoms with Crippen LogP contribution in [0.1, 0.15) is 19.4 Å². The van der Waals surface area contributed by atoms with Gasteiger partial charge in [-0.25, -0.2) is 4.39 Å². The first kappa shape index (κ1) is 14.2. The molecule has 0 aliphatic heterocycles. The molecule has 0 saturated heterocycles. The summed E-state index contributed by atoms with van der Waals surface area (Å²) in [7, 11) is 0. The Morgan fingerprint density at radius 1 is 1.22 bits per heavy atom. The normalized spacial score (nSPS) is 9.94. The summed E-state index contributed by atoms with van der Waals surface area (Å²) in [4.78, 5) is 23.8. The largest absolute Gasteiger partial charge is 0.355 e. The number of benzene rings is 1. The fraction of sp³-hybridized carbons (Fsp3) is 0.385. The van der Waals surface area contributed by atoms with Gasteiger partial charge in [0.1, 0.15) is 5.82 Å². The third-order valence-electron chi connectivity index (χ3n) is 2.49. The Labute approximate surface area is 106 Å². The molecule has 0 atom stereocenters. The van der Waals surface area contributed by atoms with Crippen molar-refractivity contribution in [1.29, 1.82) is 0 Å². The van der Waals surface area contributed by atoms with E-state index in [9.17, 15) is 14.0 Å². The van der Waals surface area contributed by atoms with E-state index in [1.165, 1.54) is 26.0 Å².